The number of hydrogen-bond donors (Lipinski definition) is 2. The summed E-state index contributed by atoms with van der Waals surface area (Å²) in [5.41, 5.74) is 0. The van der Waals surface area contributed by atoms with Crippen LogP contribution in [0.3, 0.4) is 0 Å². The summed E-state index contributed by atoms with van der Waals surface area (Å²) in [6, 6.07) is 0. The van der Waals surface area contributed by atoms with Gasteiger partial charge in [0.15, 0.2) is 0 Å². The molecule has 0 bridgehead atoms. The number of hydrogen-bond acceptors (Lipinski definition) is 4. The average molecular weight is 241 g/mol. The van der Waals surface area contributed by atoms with E-state index >= 15 is 0 Å². The first-order valence-electron chi connectivity index (χ1n) is 6.68. The number of nitrogens with zero attached hydrogens (tertiary/aromatic N) is 1. The normalized spacial score (nSPS) is 26.0. The molecule has 0 aliphatic carbocycles. The largest absolute Gasteiger partial charge is 0.366 e. The van der Waals surface area contributed by atoms with Crippen LogP contribution in [0.5, 0.6) is 0 Å². The maximum atomic E-state index is 11.7. The van der Waals surface area contributed by atoms with E-state index in [0.29, 0.717) is 13.2 Å². The smallest absolute Gasteiger partial charge is 0.250 e. The molecule has 2 heterocycles. The molecule has 1 amide bonds. The Kier molecular flexibility index (Phi) is 5.22. The minimum atomic E-state index is -0.296. The van der Waals surface area contributed by atoms with Crippen LogP contribution in [0.1, 0.15) is 19.3 Å². The molecule has 5 nitrogen and oxygen atoms in total. The van der Waals surface area contributed by atoms with Crippen LogP contribution in [0.15, 0.2) is 0 Å². The Morgan fingerprint density at radius 2 is 2.24 bits per heavy atom. The summed E-state index contributed by atoms with van der Waals surface area (Å²) in [6.07, 6.45) is 3.39. The third kappa shape index (κ3) is 4.26. The molecular weight excluding hydrogens is 218 g/mol. The van der Waals surface area contributed by atoms with Gasteiger partial charge in [-0.25, -0.2) is 0 Å². The molecule has 0 saturated carbocycles. The molecule has 1 atom stereocenters. The standard InChI is InChI=1S/C12H23N3O2/c16-12(11-10-13-5-9-17-11)14-4-3-8-15-6-1-2-7-15/h11,13H,1-10H2,(H,14,16). The van der Waals surface area contributed by atoms with Crippen molar-refractivity contribution in [2.75, 3.05) is 45.9 Å². The molecule has 0 aromatic carbocycles. The summed E-state index contributed by atoms with van der Waals surface area (Å²) in [4.78, 5) is 14.2. The Hall–Kier alpha value is -0.650. The minimum absolute atomic E-state index is 0.0265. The first kappa shape index (κ1) is 12.8. The number of morpholine rings is 1. The molecule has 0 aromatic heterocycles. The van der Waals surface area contributed by atoms with E-state index in [1.807, 2.05) is 0 Å². The molecule has 2 saturated heterocycles. The second-order valence-electron chi connectivity index (χ2n) is 4.76. The fourth-order valence-corrected chi connectivity index (χ4v) is 2.37. The van der Waals surface area contributed by atoms with Gasteiger partial charge in [0, 0.05) is 19.6 Å². The highest BCUT2D eigenvalue weighted by atomic mass is 16.5. The van der Waals surface area contributed by atoms with E-state index in [0.717, 1.165) is 26.1 Å². The summed E-state index contributed by atoms with van der Waals surface area (Å²) in [5.74, 6) is 0.0265. The van der Waals surface area contributed by atoms with E-state index in [9.17, 15) is 4.79 Å². The van der Waals surface area contributed by atoms with Crippen molar-refractivity contribution in [1.82, 2.24) is 15.5 Å². The average Bonchev–Trinajstić information content (AvgIpc) is 2.88. The zero-order valence-corrected chi connectivity index (χ0v) is 10.4. The van der Waals surface area contributed by atoms with Gasteiger partial charge < -0.3 is 20.3 Å². The van der Waals surface area contributed by atoms with Crippen LogP contribution in [0.2, 0.25) is 0 Å². The molecule has 2 rings (SSSR count). The highest BCUT2D eigenvalue weighted by Crippen LogP contribution is 2.06. The predicted molar refractivity (Wildman–Crippen MR) is 65.9 cm³/mol. The van der Waals surface area contributed by atoms with Crippen molar-refractivity contribution < 1.29 is 9.53 Å². The van der Waals surface area contributed by atoms with Crippen molar-refractivity contribution in [3.63, 3.8) is 0 Å². The Labute approximate surface area is 103 Å². The van der Waals surface area contributed by atoms with Gasteiger partial charge in [-0.1, -0.05) is 0 Å². The Balaban J connectivity index is 1.53. The van der Waals surface area contributed by atoms with Crippen molar-refractivity contribution in [2.45, 2.75) is 25.4 Å². The fourth-order valence-electron chi connectivity index (χ4n) is 2.37. The molecule has 2 aliphatic heterocycles. The van der Waals surface area contributed by atoms with Crippen molar-refractivity contribution >= 4 is 5.91 Å². The number of likely N-dealkylation sites (tertiary alicyclic amines) is 1. The lowest BCUT2D eigenvalue weighted by Crippen LogP contribution is -2.48. The van der Waals surface area contributed by atoms with Gasteiger partial charge in [-0.15, -0.1) is 0 Å². The number of amides is 1. The van der Waals surface area contributed by atoms with Crippen LogP contribution in [0.4, 0.5) is 0 Å². The summed E-state index contributed by atoms with van der Waals surface area (Å²) in [6.45, 7) is 6.43. The van der Waals surface area contributed by atoms with Gasteiger partial charge in [0.25, 0.3) is 0 Å². The Morgan fingerprint density at radius 3 is 2.94 bits per heavy atom. The summed E-state index contributed by atoms with van der Waals surface area (Å²) in [7, 11) is 0. The maximum Gasteiger partial charge on any atom is 0.250 e. The third-order valence-corrected chi connectivity index (χ3v) is 3.37. The Morgan fingerprint density at radius 1 is 1.41 bits per heavy atom. The van der Waals surface area contributed by atoms with Gasteiger partial charge in [0.2, 0.25) is 5.91 Å². The fraction of sp³-hybridized carbons (Fsp3) is 0.917. The van der Waals surface area contributed by atoms with Crippen LogP contribution in [0.25, 0.3) is 0 Å². The Bertz CT molecular complexity index is 236. The van der Waals surface area contributed by atoms with Crippen LogP contribution in [0, 0.1) is 0 Å². The number of carbonyl (C=O) groups is 1. The molecule has 2 fully saturated rings. The first-order chi connectivity index (χ1) is 8.36. The molecule has 17 heavy (non-hydrogen) atoms. The molecular formula is C12H23N3O2. The second kappa shape index (κ2) is 6.93. The number of ether oxygens (including phenoxy) is 1. The lowest BCUT2D eigenvalue weighted by molar-refractivity contribution is -0.134. The van der Waals surface area contributed by atoms with E-state index in [4.69, 9.17) is 4.74 Å². The van der Waals surface area contributed by atoms with Crippen molar-refractivity contribution in [1.29, 1.82) is 0 Å². The molecule has 2 aliphatic rings. The quantitative estimate of drug-likeness (QED) is 0.642. The van der Waals surface area contributed by atoms with Gasteiger partial charge in [0.1, 0.15) is 6.10 Å². The van der Waals surface area contributed by atoms with Crippen LogP contribution >= 0.6 is 0 Å². The van der Waals surface area contributed by atoms with Gasteiger partial charge in [-0.3, -0.25) is 4.79 Å². The SMILES string of the molecule is O=C(NCCCN1CCCC1)C1CNCCO1. The molecule has 2 N–H and O–H groups in total. The minimum Gasteiger partial charge on any atom is -0.366 e. The summed E-state index contributed by atoms with van der Waals surface area (Å²) < 4.78 is 5.39. The van der Waals surface area contributed by atoms with Gasteiger partial charge in [0.05, 0.1) is 6.61 Å². The van der Waals surface area contributed by atoms with E-state index in [-0.39, 0.29) is 12.0 Å². The number of nitrogens with one attached hydrogen (secondary N) is 2. The van der Waals surface area contributed by atoms with Gasteiger partial charge in [-0.2, -0.15) is 0 Å². The predicted octanol–water partition coefficient (Wildman–Crippen LogP) is -0.423. The lowest BCUT2D eigenvalue weighted by atomic mass is 10.3. The molecule has 0 spiro atoms. The first-order valence-corrected chi connectivity index (χ1v) is 6.68. The lowest BCUT2D eigenvalue weighted by Gasteiger charge is -2.23. The molecule has 98 valence electrons. The van der Waals surface area contributed by atoms with E-state index in [1.165, 1.54) is 25.9 Å². The zero-order chi connectivity index (χ0) is 11.9. The third-order valence-electron chi connectivity index (χ3n) is 3.37. The highest BCUT2D eigenvalue weighted by Gasteiger charge is 2.21. The number of carbonyl (C=O) groups excluding carboxylic acids is 1. The van der Waals surface area contributed by atoms with Crippen molar-refractivity contribution in [3.8, 4) is 0 Å². The van der Waals surface area contributed by atoms with Crippen molar-refractivity contribution in [2.24, 2.45) is 0 Å². The van der Waals surface area contributed by atoms with E-state index in [2.05, 4.69) is 15.5 Å². The van der Waals surface area contributed by atoms with Crippen LogP contribution < -0.4 is 10.6 Å². The molecule has 0 radical (unpaired) electrons. The molecule has 1 unspecified atom stereocenters. The van der Waals surface area contributed by atoms with Crippen LogP contribution in [-0.2, 0) is 9.53 Å². The molecule has 0 aromatic rings. The highest BCUT2D eigenvalue weighted by molar-refractivity contribution is 5.81. The van der Waals surface area contributed by atoms with E-state index in [1.54, 1.807) is 0 Å². The summed E-state index contributed by atoms with van der Waals surface area (Å²) in [5, 5.41) is 6.10. The zero-order valence-electron chi connectivity index (χ0n) is 10.4. The maximum absolute atomic E-state index is 11.7. The van der Waals surface area contributed by atoms with Crippen molar-refractivity contribution in [3.05, 3.63) is 0 Å². The number of rotatable bonds is 5. The van der Waals surface area contributed by atoms with Gasteiger partial charge >= 0.3 is 0 Å². The van der Waals surface area contributed by atoms with Gasteiger partial charge in [-0.05, 0) is 38.9 Å². The molecule has 5 heteroatoms. The second-order valence-corrected chi connectivity index (χ2v) is 4.76. The monoisotopic (exact) mass is 241 g/mol. The van der Waals surface area contributed by atoms with E-state index < -0.39 is 0 Å². The topological polar surface area (TPSA) is 53.6 Å². The summed E-state index contributed by atoms with van der Waals surface area (Å²) >= 11 is 0. The van der Waals surface area contributed by atoms with Crippen LogP contribution in [-0.4, -0.2) is 62.8 Å².